The molecule has 0 aliphatic heterocycles. The Morgan fingerprint density at radius 3 is 2.42 bits per heavy atom. The fourth-order valence-electron chi connectivity index (χ4n) is 2.29. The Balaban J connectivity index is 1.71. The van der Waals surface area contributed by atoms with Gasteiger partial charge in [0.25, 0.3) is 0 Å². The Kier molecular flexibility index (Phi) is 5.34. The van der Waals surface area contributed by atoms with E-state index in [9.17, 15) is 14.0 Å². The van der Waals surface area contributed by atoms with Gasteiger partial charge in [-0.25, -0.2) is 9.18 Å². The van der Waals surface area contributed by atoms with E-state index in [2.05, 4.69) is 10.3 Å². The summed E-state index contributed by atoms with van der Waals surface area (Å²) in [6, 6.07) is 17.5. The van der Waals surface area contributed by atoms with E-state index < -0.39 is 17.7 Å². The van der Waals surface area contributed by atoms with E-state index in [1.165, 1.54) is 30.5 Å². The lowest BCUT2D eigenvalue weighted by atomic mass is 10.1. The molecule has 0 unspecified atom stereocenters. The van der Waals surface area contributed by atoms with Gasteiger partial charge >= 0.3 is 6.09 Å². The van der Waals surface area contributed by atoms with Gasteiger partial charge < -0.3 is 4.74 Å². The molecule has 130 valence electrons. The van der Waals surface area contributed by atoms with E-state index in [0.717, 1.165) is 5.56 Å². The minimum Gasteiger partial charge on any atom is -0.444 e. The van der Waals surface area contributed by atoms with Gasteiger partial charge in [-0.1, -0.05) is 30.3 Å². The van der Waals surface area contributed by atoms with Crippen LogP contribution in [0.25, 0.3) is 0 Å². The highest BCUT2D eigenvalue weighted by atomic mass is 19.1. The van der Waals surface area contributed by atoms with Crippen LogP contribution in [0.2, 0.25) is 0 Å². The molecule has 0 bridgehead atoms. The normalized spacial score (nSPS) is 10.2. The van der Waals surface area contributed by atoms with Gasteiger partial charge in [0.2, 0.25) is 5.78 Å². The summed E-state index contributed by atoms with van der Waals surface area (Å²) in [5.41, 5.74) is 1.39. The standard InChI is InChI=1S/C20H15FN2O3/c21-16-10-8-15(9-11-16)19(24)18-17(7-4-12-22-18)23-20(25)26-13-14-5-2-1-3-6-14/h1-12H,13H2,(H,23,25). The van der Waals surface area contributed by atoms with E-state index in [1.807, 2.05) is 30.3 Å². The quantitative estimate of drug-likeness (QED) is 0.700. The summed E-state index contributed by atoms with van der Waals surface area (Å²) < 4.78 is 18.2. The van der Waals surface area contributed by atoms with Crippen molar-refractivity contribution in [2.75, 3.05) is 5.32 Å². The van der Waals surface area contributed by atoms with Crippen molar-refractivity contribution in [3.63, 3.8) is 0 Å². The Labute approximate surface area is 149 Å². The smallest absolute Gasteiger partial charge is 0.412 e. The molecule has 1 heterocycles. The van der Waals surface area contributed by atoms with Crippen LogP contribution >= 0.6 is 0 Å². The first kappa shape index (κ1) is 17.3. The molecule has 1 aromatic heterocycles. The minimum absolute atomic E-state index is 0.0516. The van der Waals surface area contributed by atoms with Crippen LogP contribution < -0.4 is 5.32 Å². The van der Waals surface area contributed by atoms with Crippen LogP contribution in [0.15, 0.2) is 72.9 Å². The molecule has 2 aromatic carbocycles. The fourth-order valence-corrected chi connectivity index (χ4v) is 2.29. The first-order valence-electron chi connectivity index (χ1n) is 7.86. The van der Waals surface area contributed by atoms with Crippen LogP contribution in [-0.4, -0.2) is 16.9 Å². The number of anilines is 1. The number of ether oxygens (including phenoxy) is 1. The van der Waals surface area contributed by atoms with Crippen molar-refractivity contribution in [3.05, 3.63) is 95.6 Å². The highest BCUT2D eigenvalue weighted by Crippen LogP contribution is 2.18. The van der Waals surface area contributed by atoms with Gasteiger partial charge in [-0.15, -0.1) is 0 Å². The third kappa shape index (κ3) is 4.30. The Hall–Kier alpha value is -3.54. The third-order valence-corrected chi connectivity index (χ3v) is 3.58. The summed E-state index contributed by atoms with van der Waals surface area (Å²) >= 11 is 0. The zero-order valence-corrected chi connectivity index (χ0v) is 13.7. The number of amides is 1. The molecule has 1 N–H and O–H groups in total. The monoisotopic (exact) mass is 350 g/mol. The first-order chi connectivity index (χ1) is 12.6. The van der Waals surface area contributed by atoms with Crippen molar-refractivity contribution in [2.45, 2.75) is 6.61 Å². The maximum Gasteiger partial charge on any atom is 0.412 e. The highest BCUT2D eigenvalue weighted by Gasteiger charge is 2.17. The number of rotatable bonds is 5. The van der Waals surface area contributed by atoms with Gasteiger partial charge in [0.15, 0.2) is 0 Å². The van der Waals surface area contributed by atoms with E-state index >= 15 is 0 Å². The van der Waals surface area contributed by atoms with Crippen molar-refractivity contribution >= 4 is 17.6 Å². The predicted octanol–water partition coefficient (Wildman–Crippen LogP) is 4.20. The molecule has 5 nitrogen and oxygen atoms in total. The zero-order chi connectivity index (χ0) is 18.4. The van der Waals surface area contributed by atoms with Crippen molar-refractivity contribution in [1.82, 2.24) is 4.98 Å². The van der Waals surface area contributed by atoms with Gasteiger partial charge in [0, 0.05) is 11.8 Å². The summed E-state index contributed by atoms with van der Waals surface area (Å²) in [6.07, 6.45) is 0.743. The number of halogens is 1. The molecule has 1 amide bonds. The molecule has 3 aromatic rings. The van der Waals surface area contributed by atoms with Gasteiger partial charge in [-0.05, 0) is 42.0 Å². The maximum absolute atomic E-state index is 13.0. The van der Waals surface area contributed by atoms with Gasteiger partial charge in [-0.3, -0.25) is 15.1 Å². The average molecular weight is 350 g/mol. The zero-order valence-electron chi connectivity index (χ0n) is 13.7. The molecule has 0 spiro atoms. The molecule has 0 saturated heterocycles. The van der Waals surface area contributed by atoms with Crippen molar-refractivity contribution < 1.29 is 18.7 Å². The topological polar surface area (TPSA) is 68.3 Å². The molecule has 26 heavy (non-hydrogen) atoms. The lowest BCUT2D eigenvalue weighted by molar-refractivity contribution is 0.103. The number of nitrogens with zero attached hydrogens (tertiary/aromatic N) is 1. The fraction of sp³-hybridized carbons (Fsp3) is 0.0500. The Morgan fingerprint density at radius 2 is 1.69 bits per heavy atom. The highest BCUT2D eigenvalue weighted by molar-refractivity contribution is 6.12. The van der Waals surface area contributed by atoms with Crippen LogP contribution in [0.4, 0.5) is 14.9 Å². The number of hydrogen-bond donors (Lipinski definition) is 1. The van der Waals surface area contributed by atoms with Crippen molar-refractivity contribution in [1.29, 1.82) is 0 Å². The lowest BCUT2D eigenvalue weighted by Crippen LogP contribution is -2.17. The van der Waals surface area contributed by atoms with Crippen LogP contribution in [0.1, 0.15) is 21.6 Å². The maximum atomic E-state index is 13.0. The molecule has 0 radical (unpaired) electrons. The average Bonchev–Trinajstić information content (AvgIpc) is 2.68. The number of benzene rings is 2. The summed E-state index contributed by atoms with van der Waals surface area (Å²) in [5.74, 6) is -0.866. The predicted molar refractivity (Wildman–Crippen MR) is 94.3 cm³/mol. The number of aromatic nitrogens is 1. The first-order valence-corrected chi connectivity index (χ1v) is 7.86. The summed E-state index contributed by atoms with van der Waals surface area (Å²) in [7, 11) is 0. The number of carbonyl (C=O) groups is 2. The van der Waals surface area contributed by atoms with E-state index in [4.69, 9.17) is 4.74 Å². The Bertz CT molecular complexity index is 912. The molecule has 3 rings (SSSR count). The molecule has 0 saturated carbocycles. The van der Waals surface area contributed by atoms with Crippen LogP contribution in [-0.2, 0) is 11.3 Å². The van der Waals surface area contributed by atoms with Crippen LogP contribution in [0.5, 0.6) is 0 Å². The van der Waals surface area contributed by atoms with E-state index in [1.54, 1.807) is 12.1 Å². The van der Waals surface area contributed by atoms with Gasteiger partial charge in [0.05, 0.1) is 5.69 Å². The van der Waals surface area contributed by atoms with Gasteiger partial charge in [-0.2, -0.15) is 0 Å². The number of nitrogens with one attached hydrogen (secondary N) is 1. The molecule has 6 heteroatoms. The molecule has 0 atom stereocenters. The Morgan fingerprint density at radius 1 is 0.962 bits per heavy atom. The van der Waals surface area contributed by atoms with Gasteiger partial charge in [0.1, 0.15) is 18.1 Å². The largest absolute Gasteiger partial charge is 0.444 e. The third-order valence-electron chi connectivity index (χ3n) is 3.58. The molecule has 0 fully saturated rings. The van der Waals surface area contributed by atoms with E-state index in [0.29, 0.717) is 0 Å². The number of hydrogen-bond acceptors (Lipinski definition) is 4. The second kappa shape index (κ2) is 8.02. The summed E-state index contributed by atoms with van der Waals surface area (Å²) in [6.45, 7) is 0.105. The molecular formula is C20H15FN2O3. The van der Waals surface area contributed by atoms with Crippen molar-refractivity contribution in [2.24, 2.45) is 0 Å². The van der Waals surface area contributed by atoms with Crippen LogP contribution in [0.3, 0.4) is 0 Å². The lowest BCUT2D eigenvalue weighted by Gasteiger charge is -2.10. The van der Waals surface area contributed by atoms with E-state index in [-0.39, 0.29) is 23.6 Å². The minimum atomic E-state index is -0.699. The number of ketones is 1. The molecular weight excluding hydrogens is 335 g/mol. The SMILES string of the molecule is O=C(Nc1cccnc1C(=O)c1ccc(F)cc1)OCc1ccccc1. The molecule has 0 aliphatic rings. The van der Waals surface area contributed by atoms with Crippen LogP contribution in [0, 0.1) is 5.82 Å². The number of pyridine rings is 1. The second-order valence-corrected chi connectivity index (χ2v) is 5.42. The summed E-state index contributed by atoms with van der Waals surface area (Å²) in [4.78, 5) is 28.6. The second-order valence-electron chi connectivity index (χ2n) is 5.42. The van der Waals surface area contributed by atoms with Crippen molar-refractivity contribution in [3.8, 4) is 0 Å². The summed E-state index contributed by atoms with van der Waals surface area (Å²) in [5, 5.41) is 2.52. The number of carbonyl (C=O) groups excluding carboxylic acids is 2. The molecule has 0 aliphatic carbocycles.